The van der Waals surface area contributed by atoms with E-state index in [2.05, 4.69) is 27.5 Å². The van der Waals surface area contributed by atoms with Crippen LogP contribution in [0.4, 0.5) is 11.8 Å². The number of primary amides is 1. The Morgan fingerprint density at radius 3 is 2.58 bits per heavy atom. The molecule has 0 spiro atoms. The summed E-state index contributed by atoms with van der Waals surface area (Å²) in [4.78, 5) is 20.7. The van der Waals surface area contributed by atoms with Gasteiger partial charge in [-0.2, -0.15) is 4.98 Å². The van der Waals surface area contributed by atoms with Crippen LogP contribution in [0.1, 0.15) is 69.2 Å². The van der Waals surface area contributed by atoms with Crippen LogP contribution in [-0.4, -0.2) is 40.2 Å². The summed E-state index contributed by atoms with van der Waals surface area (Å²) in [6.45, 7) is 5.12. The predicted octanol–water partition coefficient (Wildman–Crippen LogP) is 2.69. The maximum atomic E-state index is 11.8. The highest BCUT2D eigenvalue weighted by Gasteiger charge is 2.65. The van der Waals surface area contributed by atoms with Gasteiger partial charge in [0.15, 0.2) is 0 Å². The Bertz CT molecular complexity index is 679. The van der Waals surface area contributed by atoms with E-state index >= 15 is 0 Å². The molecule has 4 saturated carbocycles. The van der Waals surface area contributed by atoms with E-state index < -0.39 is 5.91 Å². The number of carbonyl (C=O) groups is 1. The van der Waals surface area contributed by atoms with Gasteiger partial charge in [0.05, 0.1) is 11.7 Å². The molecule has 0 atom stereocenters. The Balaban J connectivity index is 1.42. The first-order valence-corrected chi connectivity index (χ1v) is 9.73. The molecule has 4 aliphatic carbocycles. The van der Waals surface area contributed by atoms with Crippen molar-refractivity contribution in [3.05, 3.63) is 11.8 Å². The summed E-state index contributed by atoms with van der Waals surface area (Å²) < 4.78 is 5.71. The molecule has 26 heavy (non-hydrogen) atoms. The fraction of sp³-hybridized carbons (Fsp3) is 0.737. The summed E-state index contributed by atoms with van der Waals surface area (Å²) in [5, 5.41) is 6.91. The SMILES string of the molecule is CCOC1CCC(Nc2ncc(C(N)=O)c(NC34CC(C)(C3)C4)n2)CC1. The number of nitrogens with two attached hydrogens (primary N) is 1. The van der Waals surface area contributed by atoms with Crippen molar-refractivity contribution >= 4 is 17.7 Å². The lowest BCUT2D eigenvalue weighted by molar-refractivity contribution is -0.1000. The van der Waals surface area contributed by atoms with E-state index in [-0.39, 0.29) is 5.54 Å². The third-order valence-corrected chi connectivity index (χ3v) is 6.14. The number of carbonyl (C=O) groups excluding carboxylic acids is 1. The van der Waals surface area contributed by atoms with Crippen LogP contribution in [0.5, 0.6) is 0 Å². The average molecular weight is 359 g/mol. The third-order valence-electron chi connectivity index (χ3n) is 6.14. The molecular weight excluding hydrogens is 330 g/mol. The lowest BCUT2D eigenvalue weighted by Gasteiger charge is -2.69. The maximum Gasteiger partial charge on any atom is 0.254 e. The zero-order valence-corrected chi connectivity index (χ0v) is 15.7. The highest BCUT2D eigenvalue weighted by molar-refractivity contribution is 5.97. The lowest BCUT2D eigenvalue weighted by atomic mass is 9.40. The quantitative estimate of drug-likeness (QED) is 0.692. The smallest absolute Gasteiger partial charge is 0.254 e. The summed E-state index contributed by atoms with van der Waals surface area (Å²) in [6.07, 6.45) is 9.49. The number of amides is 1. The van der Waals surface area contributed by atoms with Crippen molar-refractivity contribution in [3.8, 4) is 0 Å². The standard InChI is InChI=1S/C19H29N5O2/c1-3-26-13-6-4-12(5-7-13)22-17-21-8-14(15(20)25)16(23-17)24-19-9-18(2,10-19)11-19/h8,12-13H,3-7,9-11H2,1-2H3,(H2,20,25)(H2,21,22,23,24). The van der Waals surface area contributed by atoms with Crippen molar-refractivity contribution in [2.75, 3.05) is 17.2 Å². The molecule has 7 heteroatoms. The van der Waals surface area contributed by atoms with Crippen LogP contribution in [0.3, 0.4) is 0 Å². The van der Waals surface area contributed by atoms with Gasteiger partial charge in [0, 0.05) is 24.4 Å². The fourth-order valence-electron chi connectivity index (χ4n) is 5.20. The van der Waals surface area contributed by atoms with E-state index in [1.54, 1.807) is 6.20 Å². The Hall–Kier alpha value is -1.89. The second-order valence-corrected chi connectivity index (χ2v) is 8.64. The maximum absolute atomic E-state index is 11.8. The summed E-state index contributed by atoms with van der Waals surface area (Å²) >= 11 is 0. The molecule has 0 aliphatic heterocycles. The van der Waals surface area contributed by atoms with Crippen LogP contribution >= 0.6 is 0 Å². The van der Waals surface area contributed by atoms with Crippen LogP contribution in [0, 0.1) is 5.41 Å². The number of nitrogens with zero attached hydrogens (tertiary/aromatic N) is 2. The Morgan fingerprint density at radius 1 is 1.31 bits per heavy atom. The predicted molar refractivity (Wildman–Crippen MR) is 100 cm³/mol. The van der Waals surface area contributed by atoms with Gasteiger partial charge in [0.25, 0.3) is 5.91 Å². The summed E-state index contributed by atoms with van der Waals surface area (Å²) in [7, 11) is 0. The molecular formula is C19H29N5O2. The minimum absolute atomic E-state index is 0.0973. The molecule has 4 fully saturated rings. The molecule has 1 amide bonds. The zero-order valence-electron chi connectivity index (χ0n) is 15.7. The second kappa shape index (κ2) is 6.37. The Morgan fingerprint density at radius 2 is 2.00 bits per heavy atom. The normalized spacial score (nSPS) is 35.2. The molecule has 7 nitrogen and oxygen atoms in total. The van der Waals surface area contributed by atoms with E-state index in [0.717, 1.165) is 51.6 Å². The highest BCUT2D eigenvalue weighted by atomic mass is 16.5. The molecule has 4 aliphatic rings. The number of hydrogen-bond donors (Lipinski definition) is 3. The average Bonchev–Trinajstić information content (AvgIpc) is 2.54. The molecule has 1 aromatic rings. The lowest BCUT2D eigenvalue weighted by Crippen LogP contribution is -2.69. The van der Waals surface area contributed by atoms with Crippen molar-refractivity contribution in [2.45, 2.75) is 76.5 Å². The van der Waals surface area contributed by atoms with E-state index in [0.29, 0.717) is 34.9 Å². The summed E-state index contributed by atoms with van der Waals surface area (Å²) in [5.74, 6) is 0.643. The molecule has 2 bridgehead atoms. The number of ether oxygens (including phenoxy) is 1. The van der Waals surface area contributed by atoms with Crippen LogP contribution in [-0.2, 0) is 4.74 Å². The van der Waals surface area contributed by atoms with E-state index in [9.17, 15) is 4.79 Å². The molecule has 5 rings (SSSR count). The Kier molecular flexibility index (Phi) is 4.29. The third kappa shape index (κ3) is 3.24. The van der Waals surface area contributed by atoms with Gasteiger partial charge in [-0.15, -0.1) is 0 Å². The first-order valence-electron chi connectivity index (χ1n) is 9.73. The largest absolute Gasteiger partial charge is 0.379 e. The van der Waals surface area contributed by atoms with Crippen molar-refractivity contribution in [3.63, 3.8) is 0 Å². The topological polar surface area (TPSA) is 102 Å². The highest BCUT2D eigenvalue weighted by Crippen LogP contribution is 2.68. The first-order chi connectivity index (χ1) is 12.4. The van der Waals surface area contributed by atoms with Gasteiger partial charge in [-0.05, 0) is 57.3 Å². The molecule has 0 radical (unpaired) electrons. The molecule has 0 aromatic carbocycles. The first kappa shape index (κ1) is 17.5. The van der Waals surface area contributed by atoms with Crippen molar-refractivity contribution < 1.29 is 9.53 Å². The summed E-state index contributed by atoms with van der Waals surface area (Å²) in [5.41, 5.74) is 6.46. The number of anilines is 2. The van der Waals surface area contributed by atoms with Crippen LogP contribution in [0.25, 0.3) is 0 Å². The molecule has 1 aromatic heterocycles. The van der Waals surface area contributed by atoms with E-state index in [4.69, 9.17) is 10.5 Å². The zero-order chi connectivity index (χ0) is 18.4. The number of hydrogen-bond acceptors (Lipinski definition) is 6. The van der Waals surface area contributed by atoms with Crippen molar-refractivity contribution in [1.82, 2.24) is 9.97 Å². The minimum atomic E-state index is -0.492. The van der Waals surface area contributed by atoms with Gasteiger partial charge in [-0.25, -0.2) is 4.98 Å². The minimum Gasteiger partial charge on any atom is -0.379 e. The molecule has 1 heterocycles. The van der Waals surface area contributed by atoms with Crippen LogP contribution < -0.4 is 16.4 Å². The van der Waals surface area contributed by atoms with Gasteiger partial charge in [-0.3, -0.25) is 4.79 Å². The number of rotatable bonds is 7. The molecule has 0 saturated heterocycles. The van der Waals surface area contributed by atoms with Gasteiger partial charge in [0.2, 0.25) is 5.95 Å². The van der Waals surface area contributed by atoms with Crippen LogP contribution in [0.15, 0.2) is 6.20 Å². The van der Waals surface area contributed by atoms with E-state index in [1.165, 1.54) is 0 Å². The van der Waals surface area contributed by atoms with Crippen LogP contribution in [0.2, 0.25) is 0 Å². The summed E-state index contributed by atoms with van der Waals surface area (Å²) in [6, 6.07) is 0.341. The monoisotopic (exact) mass is 359 g/mol. The van der Waals surface area contributed by atoms with Gasteiger partial charge in [0.1, 0.15) is 5.82 Å². The molecule has 0 unspecified atom stereocenters. The number of nitrogens with one attached hydrogen (secondary N) is 2. The van der Waals surface area contributed by atoms with Gasteiger partial charge < -0.3 is 21.1 Å². The van der Waals surface area contributed by atoms with Crippen molar-refractivity contribution in [2.24, 2.45) is 11.1 Å². The van der Waals surface area contributed by atoms with Gasteiger partial charge >= 0.3 is 0 Å². The van der Waals surface area contributed by atoms with Crippen molar-refractivity contribution in [1.29, 1.82) is 0 Å². The number of aromatic nitrogens is 2. The fourth-order valence-corrected chi connectivity index (χ4v) is 5.20. The second-order valence-electron chi connectivity index (χ2n) is 8.64. The molecule has 4 N–H and O–H groups in total. The molecule has 142 valence electrons. The Labute approximate surface area is 154 Å². The van der Waals surface area contributed by atoms with Gasteiger partial charge in [-0.1, -0.05) is 6.92 Å². The van der Waals surface area contributed by atoms with E-state index in [1.807, 2.05) is 6.92 Å².